The second kappa shape index (κ2) is 6.20. The van der Waals surface area contributed by atoms with Crippen LogP contribution in [0.5, 0.6) is 0 Å². The van der Waals surface area contributed by atoms with Crippen LogP contribution in [-0.2, 0) is 16.1 Å². The summed E-state index contributed by atoms with van der Waals surface area (Å²) in [5.74, 6) is -1.06. The van der Waals surface area contributed by atoms with Crippen molar-refractivity contribution in [2.75, 3.05) is 6.61 Å². The number of carboxylic acid groups (broad SMARTS) is 1. The molecule has 0 saturated carbocycles. The Bertz CT molecular complexity index is 421. The second-order valence-corrected chi connectivity index (χ2v) is 3.52. The third-order valence-electron chi connectivity index (χ3n) is 1.93. The first kappa shape index (κ1) is 14.2. The van der Waals surface area contributed by atoms with Crippen LogP contribution in [0.25, 0.3) is 6.08 Å². The van der Waals surface area contributed by atoms with Gasteiger partial charge in [0.2, 0.25) is 0 Å². The Kier molecular flexibility index (Phi) is 4.91. The zero-order chi connectivity index (χ0) is 13.6. The number of benzene rings is 1. The highest BCUT2D eigenvalue weighted by Crippen LogP contribution is 2.16. The first-order chi connectivity index (χ1) is 8.37. The van der Waals surface area contributed by atoms with Gasteiger partial charge in [-0.25, -0.2) is 4.79 Å². The minimum absolute atomic E-state index is 0.136. The minimum atomic E-state index is -4.33. The van der Waals surface area contributed by atoms with Crippen LogP contribution < -0.4 is 0 Å². The van der Waals surface area contributed by atoms with Crippen molar-refractivity contribution < 1.29 is 27.8 Å². The summed E-state index contributed by atoms with van der Waals surface area (Å²) in [6, 6.07) is 6.37. The molecule has 18 heavy (non-hydrogen) atoms. The fourth-order valence-electron chi connectivity index (χ4n) is 1.18. The average Bonchev–Trinajstić information content (AvgIpc) is 2.26. The molecule has 1 N–H and O–H groups in total. The number of ether oxygens (including phenoxy) is 1. The molecule has 0 aliphatic carbocycles. The van der Waals surface area contributed by atoms with Gasteiger partial charge >= 0.3 is 12.1 Å². The molecule has 0 aliphatic heterocycles. The Morgan fingerprint density at radius 3 is 2.39 bits per heavy atom. The van der Waals surface area contributed by atoms with E-state index < -0.39 is 18.8 Å². The molecular formula is C12H11F3O3. The largest absolute Gasteiger partial charge is 0.478 e. The van der Waals surface area contributed by atoms with E-state index in [1.54, 1.807) is 24.3 Å². The van der Waals surface area contributed by atoms with Crippen LogP contribution in [0.3, 0.4) is 0 Å². The van der Waals surface area contributed by atoms with Gasteiger partial charge in [0.25, 0.3) is 0 Å². The number of rotatable bonds is 5. The third kappa shape index (κ3) is 6.05. The molecular weight excluding hydrogens is 249 g/mol. The van der Waals surface area contributed by atoms with Gasteiger partial charge in [0.1, 0.15) is 6.61 Å². The highest BCUT2D eigenvalue weighted by atomic mass is 19.4. The lowest BCUT2D eigenvalue weighted by Gasteiger charge is -2.07. The molecule has 0 atom stereocenters. The summed E-state index contributed by atoms with van der Waals surface area (Å²) in [5, 5.41) is 8.41. The topological polar surface area (TPSA) is 46.5 Å². The molecule has 0 bridgehead atoms. The molecule has 0 heterocycles. The van der Waals surface area contributed by atoms with E-state index in [1.807, 2.05) is 0 Å². The van der Waals surface area contributed by atoms with Gasteiger partial charge in [-0.2, -0.15) is 13.2 Å². The summed E-state index contributed by atoms with van der Waals surface area (Å²) in [4.78, 5) is 10.3. The minimum Gasteiger partial charge on any atom is -0.478 e. The van der Waals surface area contributed by atoms with Crippen molar-refractivity contribution in [2.45, 2.75) is 12.8 Å². The summed E-state index contributed by atoms with van der Waals surface area (Å²) >= 11 is 0. The normalized spacial score (nSPS) is 11.9. The molecule has 0 saturated heterocycles. The maximum Gasteiger partial charge on any atom is 0.411 e. The van der Waals surface area contributed by atoms with Gasteiger partial charge in [-0.05, 0) is 17.2 Å². The van der Waals surface area contributed by atoms with Gasteiger partial charge in [-0.3, -0.25) is 0 Å². The van der Waals surface area contributed by atoms with Crippen LogP contribution in [0, 0.1) is 0 Å². The highest BCUT2D eigenvalue weighted by Gasteiger charge is 2.27. The SMILES string of the molecule is O=C(O)C=Cc1ccc(COCC(F)(F)F)cc1. The molecule has 0 aromatic heterocycles. The molecule has 3 nitrogen and oxygen atoms in total. The lowest BCUT2D eigenvalue weighted by atomic mass is 10.1. The molecule has 0 radical (unpaired) electrons. The van der Waals surface area contributed by atoms with Gasteiger partial charge in [0, 0.05) is 6.08 Å². The third-order valence-corrected chi connectivity index (χ3v) is 1.93. The van der Waals surface area contributed by atoms with E-state index in [9.17, 15) is 18.0 Å². The Labute approximate surface area is 101 Å². The van der Waals surface area contributed by atoms with Gasteiger partial charge in [-0.15, -0.1) is 0 Å². The number of carbonyl (C=O) groups is 1. The number of hydrogen-bond donors (Lipinski definition) is 1. The molecule has 0 spiro atoms. The number of hydrogen-bond acceptors (Lipinski definition) is 2. The van der Waals surface area contributed by atoms with E-state index in [0.717, 1.165) is 6.08 Å². The molecule has 0 aliphatic rings. The average molecular weight is 260 g/mol. The summed E-state index contributed by atoms with van der Waals surface area (Å²) in [7, 11) is 0. The van der Waals surface area contributed by atoms with Crippen molar-refractivity contribution in [1.29, 1.82) is 0 Å². The molecule has 0 unspecified atom stereocenters. The number of aliphatic carboxylic acids is 1. The fourth-order valence-corrected chi connectivity index (χ4v) is 1.18. The Morgan fingerprint density at radius 2 is 1.89 bits per heavy atom. The zero-order valence-corrected chi connectivity index (χ0v) is 9.28. The number of halogens is 3. The van der Waals surface area contributed by atoms with Gasteiger partial charge in [0.05, 0.1) is 6.61 Å². The van der Waals surface area contributed by atoms with Crippen molar-refractivity contribution in [3.63, 3.8) is 0 Å². The summed E-state index contributed by atoms with van der Waals surface area (Å²) < 4.78 is 39.9. The molecule has 0 fully saturated rings. The molecule has 1 aromatic rings. The van der Waals surface area contributed by atoms with E-state index in [0.29, 0.717) is 11.1 Å². The standard InChI is InChI=1S/C12H11F3O3/c13-12(14,15)8-18-7-10-3-1-9(2-4-10)5-6-11(16)17/h1-6H,7-8H2,(H,16,17). The number of alkyl halides is 3. The zero-order valence-electron chi connectivity index (χ0n) is 9.28. The van der Waals surface area contributed by atoms with Crippen LogP contribution in [0.2, 0.25) is 0 Å². The van der Waals surface area contributed by atoms with Crippen LogP contribution in [0.4, 0.5) is 13.2 Å². The molecule has 1 rings (SSSR count). The lowest BCUT2D eigenvalue weighted by Crippen LogP contribution is -2.16. The molecule has 0 amide bonds. The van der Waals surface area contributed by atoms with Crippen molar-refractivity contribution in [2.24, 2.45) is 0 Å². The van der Waals surface area contributed by atoms with Gasteiger partial charge in [0.15, 0.2) is 0 Å². The Morgan fingerprint density at radius 1 is 1.28 bits per heavy atom. The van der Waals surface area contributed by atoms with Crippen molar-refractivity contribution in [1.82, 2.24) is 0 Å². The van der Waals surface area contributed by atoms with E-state index in [-0.39, 0.29) is 6.61 Å². The van der Waals surface area contributed by atoms with Gasteiger partial charge in [-0.1, -0.05) is 24.3 Å². The van der Waals surface area contributed by atoms with Crippen LogP contribution in [-0.4, -0.2) is 23.9 Å². The van der Waals surface area contributed by atoms with E-state index in [2.05, 4.69) is 4.74 Å². The van der Waals surface area contributed by atoms with Crippen molar-refractivity contribution in [3.8, 4) is 0 Å². The predicted octanol–water partition coefficient (Wildman–Crippen LogP) is 2.86. The predicted molar refractivity (Wildman–Crippen MR) is 58.8 cm³/mol. The van der Waals surface area contributed by atoms with E-state index in [4.69, 9.17) is 5.11 Å². The molecule has 98 valence electrons. The van der Waals surface area contributed by atoms with Crippen molar-refractivity contribution >= 4 is 12.0 Å². The maximum absolute atomic E-state index is 11.8. The van der Waals surface area contributed by atoms with Crippen molar-refractivity contribution in [3.05, 3.63) is 41.5 Å². The maximum atomic E-state index is 11.8. The van der Waals surface area contributed by atoms with E-state index in [1.165, 1.54) is 6.08 Å². The Hall–Kier alpha value is -1.82. The molecule has 6 heteroatoms. The summed E-state index contributed by atoms with van der Waals surface area (Å²) in [6.45, 7) is -1.42. The summed E-state index contributed by atoms with van der Waals surface area (Å²) in [5.41, 5.74) is 1.24. The smallest absolute Gasteiger partial charge is 0.411 e. The summed E-state index contributed by atoms with van der Waals surface area (Å²) in [6.07, 6.45) is -1.96. The van der Waals surface area contributed by atoms with Crippen LogP contribution >= 0.6 is 0 Å². The highest BCUT2D eigenvalue weighted by molar-refractivity contribution is 5.85. The number of carboxylic acids is 1. The van der Waals surface area contributed by atoms with Gasteiger partial charge < -0.3 is 9.84 Å². The van der Waals surface area contributed by atoms with Crippen LogP contribution in [0.1, 0.15) is 11.1 Å². The Balaban J connectivity index is 2.48. The van der Waals surface area contributed by atoms with Crippen LogP contribution in [0.15, 0.2) is 30.3 Å². The quantitative estimate of drug-likeness (QED) is 0.828. The fraction of sp³-hybridized carbons (Fsp3) is 0.250. The first-order valence-electron chi connectivity index (χ1n) is 5.01. The van der Waals surface area contributed by atoms with E-state index >= 15 is 0 Å². The monoisotopic (exact) mass is 260 g/mol. The second-order valence-electron chi connectivity index (χ2n) is 3.52. The lowest BCUT2D eigenvalue weighted by molar-refractivity contribution is -0.176. The molecule has 1 aromatic carbocycles. The first-order valence-corrected chi connectivity index (χ1v) is 5.01.